The summed E-state index contributed by atoms with van der Waals surface area (Å²) in [5, 5.41) is 12.6. The van der Waals surface area contributed by atoms with Crippen molar-refractivity contribution >= 4 is 15.8 Å². The maximum absolute atomic E-state index is 11.8. The van der Waals surface area contributed by atoms with E-state index in [1.54, 1.807) is 25.1 Å². The summed E-state index contributed by atoms with van der Waals surface area (Å²) in [7, 11) is -3.88. The van der Waals surface area contributed by atoms with E-state index >= 15 is 0 Å². The van der Waals surface area contributed by atoms with Crippen LogP contribution in [0, 0.1) is 17.2 Å². The molecule has 1 rings (SSSR count). The highest BCUT2D eigenvalue weighted by Gasteiger charge is 2.15. The van der Waals surface area contributed by atoms with Gasteiger partial charge in [0.25, 0.3) is 0 Å². The number of hydrogen-bond acceptors (Lipinski definition) is 5. The van der Waals surface area contributed by atoms with Gasteiger partial charge in [-0.05, 0) is 25.5 Å². The van der Waals surface area contributed by atoms with Gasteiger partial charge in [0.05, 0.1) is 17.7 Å². The average Bonchev–Trinajstić information content (AvgIpc) is 2.46. The van der Waals surface area contributed by atoms with Crippen molar-refractivity contribution in [3.05, 3.63) is 30.3 Å². The minimum atomic E-state index is -3.88. The summed E-state index contributed by atoms with van der Waals surface area (Å²) in [6, 6.07) is 10.00. The molecule has 0 radical (unpaired) electrons. The fraction of sp³-hybridized carbons (Fsp3) is 0.429. The monoisotopic (exact) mass is 294 g/mol. The van der Waals surface area contributed by atoms with Crippen molar-refractivity contribution in [2.75, 3.05) is 0 Å². The highest BCUT2D eigenvalue weighted by atomic mass is 32.2. The number of nitriles is 1. The minimum absolute atomic E-state index is 0.0574. The zero-order valence-corrected chi connectivity index (χ0v) is 12.4. The Kier molecular flexibility index (Phi) is 6.19. The molecule has 0 amide bonds. The van der Waals surface area contributed by atoms with Crippen LogP contribution in [0.2, 0.25) is 0 Å². The molecule has 0 N–H and O–H groups in total. The van der Waals surface area contributed by atoms with Gasteiger partial charge in [-0.3, -0.25) is 4.28 Å². The lowest BCUT2D eigenvalue weighted by molar-refractivity contribution is 0.336. The molecule has 108 valence electrons. The van der Waals surface area contributed by atoms with E-state index in [1.807, 2.05) is 6.92 Å². The molecule has 1 unspecified atom stereocenters. The largest absolute Gasteiger partial charge is 0.358 e. The summed E-state index contributed by atoms with van der Waals surface area (Å²) >= 11 is 0. The fourth-order valence-electron chi connectivity index (χ4n) is 1.70. The summed E-state index contributed by atoms with van der Waals surface area (Å²) in [6.07, 6.45) is 2.07. The van der Waals surface area contributed by atoms with E-state index in [4.69, 9.17) is 5.26 Å². The second-order valence-corrected chi connectivity index (χ2v) is 6.02. The Hall–Kier alpha value is -1.87. The third-order valence-electron chi connectivity index (χ3n) is 2.68. The maximum Gasteiger partial charge on any atom is 0.358 e. The van der Waals surface area contributed by atoms with Gasteiger partial charge < -0.3 is 0 Å². The molecule has 0 aliphatic carbocycles. The van der Waals surface area contributed by atoms with Crippen molar-refractivity contribution in [2.45, 2.75) is 38.0 Å². The van der Waals surface area contributed by atoms with Crippen LogP contribution in [0.25, 0.3) is 0 Å². The van der Waals surface area contributed by atoms with E-state index in [0.717, 1.165) is 12.8 Å². The molecule has 1 atom stereocenters. The highest BCUT2D eigenvalue weighted by Crippen LogP contribution is 2.14. The van der Waals surface area contributed by atoms with E-state index in [2.05, 4.69) is 15.5 Å². The van der Waals surface area contributed by atoms with Crippen LogP contribution >= 0.6 is 0 Å². The van der Waals surface area contributed by atoms with Gasteiger partial charge >= 0.3 is 10.1 Å². The van der Waals surface area contributed by atoms with E-state index in [-0.39, 0.29) is 10.8 Å². The summed E-state index contributed by atoms with van der Waals surface area (Å²) in [6.45, 7) is 3.65. The molecule has 0 spiro atoms. The highest BCUT2D eigenvalue weighted by molar-refractivity contribution is 7.86. The molecule has 20 heavy (non-hydrogen) atoms. The zero-order chi connectivity index (χ0) is 15.0. The van der Waals surface area contributed by atoms with Gasteiger partial charge in [0, 0.05) is 6.42 Å². The van der Waals surface area contributed by atoms with Crippen molar-refractivity contribution in [3.8, 4) is 6.07 Å². The van der Waals surface area contributed by atoms with Crippen LogP contribution in [-0.4, -0.2) is 14.1 Å². The second-order valence-electron chi connectivity index (χ2n) is 4.49. The molecule has 1 aromatic carbocycles. The van der Waals surface area contributed by atoms with Crippen LogP contribution in [0.15, 0.2) is 40.4 Å². The Balaban J connectivity index is 2.70. The smallest absolute Gasteiger partial charge is 0.265 e. The fourth-order valence-corrected chi connectivity index (χ4v) is 2.50. The molecular weight excluding hydrogens is 276 g/mol. The molecule has 0 aliphatic rings. The van der Waals surface area contributed by atoms with Gasteiger partial charge in [-0.2, -0.15) is 13.7 Å². The lowest BCUT2D eigenvalue weighted by Crippen LogP contribution is -2.07. The first-order chi connectivity index (χ1) is 9.49. The predicted molar refractivity (Wildman–Crippen MR) is 76.4 cm³/mol. The van der Waals surface area contributed by atoms with Gasteiger partial charge in [0.15, 0.2) is 0 Å². The number of nitrogens with zero attached hydrogens (tertiary/aromatic N) is 2. The first-order valence-electron chi connectivity index (χ1n) is 6.41. The van der Waals surface area contributed by atoms with E-state index in [0.29, 0.717) is 12.1 Å². The topological polar surface area (TPSA) is 79.5 Å². The molecule has 0 aromatic heterocycles. The Labute approximate surface area is 120 Å². The van der Waals surface area contributed by atoms with Crippen molar-refractivity contribution in [1.29, 1.82) is 5.26 Å². The first kappa shape index (κ1) is 16.2. The Morgan fingerprint density at radius 2 is 2.05 bits per heavy atom. The molecule has 0 bridgehead atoms. The molecule has 0 aliphatic heterocycles. The van der Waals surface area contributed by atoms with Crippen molar-refractivity contribution < 1.29 is 12.7 Å². The van der Waals surface area contributed by atoms with Crippen LogP contribution in [0.4, 0.5) is 0 Å². The van der Waals surface area contributed by atoms with Crippen LogP contribution in [-0.2, 0) is 14.4 Å². The van der Waals surface area contributed by atoms with E-state index in [1.165, 1.54) is 12.1 Å². The van der Waals surface area contributed by atoms with E-state index in [9.17, 15) is 8.42 Å². The minimum Gasteiger partial charge on any atom is -0.265 e. The molecule has 5 nitrogen and oxygen atoms in total. The first-order valence-corrected chi connectivity index (χ1v) is 7.82. The van der Waals surface area contributed by atoms with Crippen molar-refractivity contribution in [3.63, 3.8) is 0 Å². The molecular formula is C14H18N2O3S. The lowest BCUT2D eigenvalue weighted by atomic mass is 9.99. The Morgan fingerprint density at radius 1 is 1.40 bits per heavy atom. The summed E-state index contributed by atoms with van der Waals surface area (Å²) in [5.74, 6) is -0.160. The molecule has 6 heteroatoms. The standard InChI is InChI=1S/C14H18N2O3S/c1-3-7-13(11-15)10-12(2)16-19-20(17,18)14-8-5-4-6-9-14/h4-6,8-9,13H,3,7,10H2,1-2H3/b16-12+. The number of rotatable bonds is 7. The van der Waals surface area contributed by atoms with E-state index < -0.39 is 10.1 Å². The van der Waals surface area contributed by atoms with Crippen LogP contribution in [0.1, 0.15) is 33.1 Å². The van der Waals surface area contributed by atoms with Gasteiger partial charge in [-0.25, -0.2) is 0 Å². The van der Waals surface area contributed by atoms with Crippen LogP contribution in [0.5, 0.6) is 0 Å². The summed E-state index contributed by atoms with van der Waals surface area (Å²) in [5.41, 5.74) is 0.490. The normalized spacial score (nSPS) is 13.6. The number of hydrogen-bond donors (Lipinski definition) is 0. The summed E-state index contributed by atoms with van der Waals surface area (Å²) < 4.78 is 28.3. The van der Waals surface area contributed by atoms with Crippen LogP contribution in [0.3, 0.4) is 0 Å². The Morgan fingerprint density at radius 3 is 2.60 bits per heavy atom. The number of benzene rings is 1. The number of oxime groups is 1. The van der Waals surface area contributed by atoms with Crippen molar-refractivity contribution in [1.82, 2.24) is 0 Å². The average molecular weight is 294 g/mol. The van der Waals surface area contributed by atoms with Crippen molar-refractivity contribution in [2.24, 2.45) is 11.1 Å². The lowest BCUT2D eigenvalue weighted by Gasteiger charge is -2.07. The third kappa shape index (κ3) is 5.02. The second kappa shape index (κ2) is 7.65. The molecule has 0 fully saturated rings. The van der Waals surface area contributed by atoms with Crippen LogP contribution < -0.4 is 0 Å². The van der Waals surface area contributed by atoms with Gasteiger partial charge in [-0.15, -0.1) is 0 Å². The Bertz CT molecular complexity index is 589. The predicted octanol–water partition coefficient (Wildman–Crippen LogP) is 3.10. The molecule has 0 heterocycles. The SMILES string of the molecule is CCCC(C#N)C/C(C)=N/OS(=O)(=O)c1ccccc1. The maximum atomic E-state index is 11.8. The molecule has 1 aromatic rings. The summed E-state index contributed by atoms with van der Waals surface area (Å²) in [4.78, 5) is 0.0574. The van der Waals surface area contributed by atoms with Gasteiger partial charge in [-0.1, -0.05) is 36.7 Å². The van der Waals surface area contributed by atoms with Gasteiger partial charge in [0.2, 0.25) is 0 Å². The molecule has 0 saturated heterocycles. The molecule has 0 saturated carbocycles. The third-order valence-corrected chi connectivity index (χ3v) is 3.80. The quantitative estimate of drug-likeness (QED) is 0.571. The zero-order valence-electron chi connectivity index (χ0n) is 11.6. The van der Waals surface area contributed by atoms with Gasteiger partial charge in [0.1, 0.15) is 4.90 Å².